The first-order chi connectivity index (χ1) is 15.2. The number of carbonyl (C=O) groups excluding carboxylic acids is 2. The van der Waals surface area contributed by atoms with E-state index in [1.807, 2.05) is 0 Å². The number of halogens is 2. The van der Waals surface area contributed by atoms with Gasteiger partial charge in [0.1, 0.15) is 17.3 Å². The zero-order valence-electron chi connectivity index (χ0n) is 17.2. The van der Waals surface area contributed by atoms with Crippen LogP contribution in [-0.4, -0.2) is 38.8 Å². The van der Waals surface area contributed by atoms with Crippen molar-refractivity contribution in [2.24, 2.45) is 12.5 Å². The molecule has 0 spiro atoms. The molecule has 1 aromatic carbocycles. The lowest BCUT2D eigenvalue weighted by molar-refractivity contribution is -0.164. The first-order valence-electron chi connectivity index (χ1n) is 10.1. The van der Waals surface area contributed by atoms with Gasteiger partial charge < -0.3 is 14.6 Å². The third-order valence-electron chi connectivity index (χ3n) is 6.13. The van der Waals surface area contributed by atoms with E-state index in [4.69, 9.17) is 20.9 Å². The molecule has 1 N–H and O–H groups in total. The van der Waals surface area contributed by atoms with E-state index in [9.17, 15) is 14.0 Å². The summed E-state index contributed by atoms with van der Waals surface area (Å²) in [6, 6.07) is 5.66. The molecule has 3 aliphatic carbocycles. The minimum Gasteiger partial charge on any atom is -0.484 e. The second-order valence-corrected chi connectivity index (χ2v) is 9.21. The highest BCUT2D eigenvalue weighted by molar-refractivity contribution is 6.30. The van der Waals surface area contributed by atoms with Crippen LogP contribution in [0.15, 0.2) is 41.2 Å². The quantitative estimate of drug-likeness (QED) is 0.518. The average molecular weight is 459 g/mol. The molecule has 2 bridgehead atoms. The summed E-state index contributed by atoms with van der Waals surface area (Å²) in [5, 5.41) is 11.0. The van der Waals surface area contributed by atoms with Crippen molar-refractivity contribution in [2.75, 3.05) is 6.61 Å². The summed E-state index contributed by atoms with van der Waals surface area (Å²) in [6.45, 7) is -0.218. The number of ether oxygens (including phenoxy) is 1. The molecule has 2 aromatic heterocycles. The molecule has 3 aliphatic rings. The van der Waals surface area contributed by atoms with E-state index >= 15 is 0 Å². The summed E-state index contributed by atoms with van der Waals surface area (Å²) in [7, 11) is 1.80. The van der Waals surface area contributed by atoms with Gasteiger partial charge in [-0.05, 0) is 36.8 Å². The largest absolute Gasteiger partial charge is 0.484 e. The molecule has 8 nitrogen and oxygen atoms in total. The molecule has 0 radical (unpaired) electrons. The molecule has 3 saturated carbocycles. The van der Waals surface area contributed by atoms with Gasteiger partial charge in [-0.2, -0.15) is 5.10 Å². The van der Waals surface area contributed by atoms with Gasteiger partial charge in [-0.25, -0.2) is 4.39 Å². The number of benzene rings is 1. The number of Topliss-reactive ketones (excluding diaryl/α,β-unsaturated/α-hetero) is 1. The smallest absolute Gasteiger partial charge is 0.258 e. The van der Waals surface area contributed by atoms with Crippen molar-refractivity contribution in [3.63, 3.8) is 0 Å². The third kappa shape index (κ3) is 3.77. The molecular weight excluding hydrogens is 439 g/mol. The molecule has 166 valence electrons. The van der Waals surface area contributed by atoms with Crippen molar-refractivity contribution in [1.29, 1.82) is 0 Å². The van der Waals surface area contributed by atoms with Crippen LogP contribution in [0.2, 0.25) is 5.02 Å². The lowest BCUT2D eigenvalue weighted by Gasteiger charge is -2.70. The van der Waals surface area contributed by atoms with Crippen molar-refractivity contribution in [3.05, 3.63) is 53.3 Å². The zero-order valence-corrected chi connectivity index (χ0v) is 18.0. The SMILES string of the molecule is Cn1cc(-c2cc(C(=O)CC34CC(NC(=O)COc5ccc(Cl)c(F)c5)(C3)C4)on2)cn1. The van der Waals surface area contributed by atoms with Crippen LogP contribution in [-0.2, 0) is 11.8 Å². The van der Waals surface area contributed by atoms with Crippen LogP contribution in [0.3, 0.4) is 0 Å². The maximum Gasteiger partial charge on any atom is 0.258 e. The molecule has 0 aliphatic heterocycles. The minimum absolute atomic E-state index is 0.00543. The lowest BCUT2D eigenvalue weighted by atomic mass is 9.38. The Bertz CT molecular complexity index is 1200. The van der Waals surface area contributed by atoms with Crippen molar-refractivity contribution in [2.45, 2.75) is 31.2 Å². The second kappa shape index (κ2) is 7.44. The van der Waals surface area contributed by atoms with Crippen LogP contribution in [0.25, 0.3) is 11.3 Å². The molecular formula is C22H20ClFN4O4. The van der Waals surface area contributed by atoms with Crippen LogP contribution in [0.5, 0.6) is 5.75 Å². The number of carbonyl (C=O) groups is 2. The van der Waals surface area contributed by atoms with Gasteiger partial charge in [-0.3, -0.25) is 14.3 Å². The zero-order chi connectivity index (χ0) is 22.5. The molecule has 32 heavy (non-hydrogen) atoms. The minimum atomic E-state index is -0.602. The Morgan fingerprint density at radius 1 is 1.31 bits per heavy atom. The highest BCUT2D eigenvalue weighted by atomic mass is 35.5. The molecule has 0 saturated heterocycles. The number of aryl methyl sites for hydroxylation is 1. The Morgan fingerprint density at radius 3 is 2.78 bits per heavy atom. The fourth-order valence-corrected chi connectivity index (χ4v) is 5.01. The lowest BCUT2D eigenvalue weighted by Crippen LogP contribution is -2.75. The number of nitrogens with zero attached hydrogens (tertiary/aromatic N) is 3. The Balaban J connectivity index is 1.10. The number of aromatic nitrogens is 3. The van der Waals surface area contributed by atoms with E-state index in [-0.39, 0.29) is 45.8 Å². The maximum absolute atomic E-state index is 13.4. The molecule has 10 heteroatoms. The fourth-order valence-electron chi connectivity index (χ4n) is 4.89. The van der Waals surface area contributed by atoms with Crippen LogP contribution < -0.4 is 10.1 Å². The summed E-state index contributed by atoms with van der Waals surface area (Å²) >= 11 is 5.63. The van der Waals surface area contributed by atoms with E-state index in [1.165, 1.54) is 12.1 Å². The molecule has 3 fully saturated rings. The summed E-state index contributed by atoms with van der Waals surface area (Å²) in [4.78, 5) is 24.9. The van der Waals surface area contributed by atoms with Gasteiger partial charge in [0.2, 0.25) is 11.5 Å². The van der Waals surface area contributed by atoms with Gasteiger partial charge >= 0.3 is 0 Å². The predicted octanol–water partition coefficient (Wildman–Crippen LogP) is 3.56. The Morgan fingerprint density at radius 2 is 2.09 bits per heavy atom. The topological polar surface area (TPSA) is 99.2 Å². The Hall–Kier alpha value is -3.20. The van der Waals surface area contributed by atoms with E-state index in [0.717, 1.165) is 30.9 Å². The van der Waals surface area contributed by atoms with Crippen molar-refractivity contribution >= 4 is 23.3 Å². The third-order valence-corrected chi connectivity index (χ3v) is 6.43. The average Bonchev–Trinajstić information content (AvgIpc) is 3.35. The monoisotopic (exact) mass is 458 g/mol. The van der Waals surface area contributed by atoms with Crippen LogP contribution >= 0.6 is 11.6 Å². The van der Waals surface area contributed by atoms with Gasteiger partial charge in [-0.1, -0.05) is 16.8 Å². The van der Waals surface area contributed by atoms with Gasteiger partial charge in [-0.15, -0.1) is 0 Å². The molecule has 0 atom stereocenters. The molecule has 6 rings (SSSR count). The fraction of sp³-hybridized carbons (Fsp3) is 0.364. The highest BCUT2D eigenvalue weighted by Crippen LogP contribution is 2.69. The first kappa shape index (κ1) is 20.7. The molecule has 2 heterocycles. The van der Waals surface area contributed by atoms with Crippen molar-refractivity contribution < 1.29 is 23.2 Å². The van der Waals surface area contributed by atoms with Gasteiger partial charge in [0, 0.05) is 42.9 Å². The van der Waals surface area contributed by atoms with Crippen LogP contribution in [0, 0.1) is 11.2 Å². The highest BCUT2D eigenvalue weighted by Gasteiger charge is 2.68. The standard InChI is InChI=1S/C22H20ClFN4O4/c1-28-8-13(7-25-28)17-5-19(32-27-17)18(29)6-21-10-22(11-21,12-21)26-20(30)9-31-14-2-3-15(23)16(24)4-14/h2-5,7-8H,6,9-12H2,1H3,(H,26,30). The van der Waals surface area contributed by atoms with Gasteiger partial charge in [0.15, 0.2) is 6.61 Å². The number of hydrogen-bond donors (Lipinski definition) is 1. The van der Waals surface area contributed by atoms with E-state index in [0.29, 0.717) is 12.1 Å². The molecule has 3 aromatic rings. The van der Waals surface area contributed by atoms with Gasteiger partial charge in [0.05, 0.1) is 11.2 Å². The normalized spacial score (nSPS) is 23.2. The van der Waals surface area contributed by atoms with Crippen LogP contribution in [0.4, 0.5) is 4.39 Å². The number of ketones is 1. The maximum atomic E-state index is 13.4. The van der Waals surface area contributed by atoms with E-state index in [1.54, 1.807) is 30.2 Å². The molecule has 0 unspecified atom stereocenters. The van der Waals surface area contributed by atoms with Crippen molar-refractivity contribution in [3.8, 4) is 17.0 Å². The summed E-state index contributed by atoms with van der Waals surface area (Å²) < 4.78 is 25.7. The first-order valence-corrected chi connectivity index (χ1v) is 10.5. The predicted molar refractivity (Wildman–Crippen MR) is 112 cm³/mol. The van der Waals surface area contributed by atoms with Crippen LogP contribution in [0.1, 0.15) is 36.2 Å². The number of hydrogen-bond acceptors (Lipinski definition) is 6. The Labute approximate surface area is 187 Å². The second-order valence-electron chi connectivity index (χ2n) is 8.80. The van der Waals surface area contributed by atoms with E-state index < -0.39 is 5.82 Å². The summed E-state index contributed by atoms with van der Waals surface area (Å²) in [5.41, 5.74) is 0.967. The summed E-state index contributed by atoms with van der Waals surface area (Å²) in [6.07, 6.45) is 6.01. The van der Waals surface area contributed by atoms with Crippen molar-refractivity contribution in [1.82, 2.24) is 20.3 Å². The van der Waals surface area contributed by atoms with E-state index in [2.05, 4.69) is 15.6 Å². The number of amides is 1. The number of nitrogens with one attached hydrogen (secondary N) is 1. The summed E-state index contributed by atoms with van der Waals surface area (Å²) in [5.74, 6) is -0.513. The Kier molecular flexibility index (Phi) is 4.81. The number of rotatable bonds is 8. The van der Waals surface area contributed by atoms with Gasteiger partial charge in [0.25, 0.3) is 5.91 Å². The molecule has 1 amide bonds.